The van der Waals surface area contributed by atoms with Gasteiger partial charge in [-0.1, -0.05) is 12.1 Å². The third-order valence-electron chi connectivity index (χ3n) is 3.43. The van der Waals surface area contributed by atoms with Crippen molar-refractivity contribution in [3.8, 4) is 11.5 Å². The van der Waals surface area contributed by atoms with Crippen LogP contribution >= 0.6 is 0 Å². The van der Waals surface area contributed by atoms with Gasteiger partial charge in [0.15, 0.2) is 0 Å². The van der Waals surface area contributed by atoms with Crippen LogP contribution in [0.1, 0.15) is 15.9 Å². The van der Waals surface area contributed by atoms with Crippen molar-refractivity contribution in [2.24, 2.45) is 0 Å². The molecule has 0 atom stereocenters. The van der Waals surface area contributed by atoms with Crippen LogP contribution in [-0.4, -0.2) is 23.9 Å². The van der Waals surface area contributed by atoms with Crippen LogP contribution in [0, 0.1) is 0 Å². The van der Waals surface area contributed by atoms with Crippen molar-refractivity contribution < 1.29 is 19.4 Å². The molecule has 1 heterocycles. The van der Waals surface area contributed by atoms with Gasteiger partial charge in [-0.05, 0) is 35.9 Å². The molecule has 0 saturated carbocycles. The summed E-state index contributed by atoms with van der Waals surface area (Å²) in [7, 11) is 1.51. The second-order valence-corrected chi connectivity index (χ2v) is 4.77. The zero-order valence-electron chi connectivity index (χ0n) is 11.4. The minimum atomic E-state index is -0.568. The summed E-state index contributed by atoms with van der Waals surface area (Å²) in [5, 5.41) is 9.48. The number of rotatable bonds is 3. The summed E-state index contributed by atoms with van der Waals surface area (Å²) in [4.78, 5) is 25.6. The van der Waals surface area contributed by atoms with E-state index in [9.17, 15) is 14.7 Å². The summed E-state index contributed by atoms with van der Waals surface area (Å²) in [5.41, 5.74) is 1.66. The molecule has 5 heteroatoms. The molecule has 0 bridgehead atoms. The predicted molar refractivity (Wildman–Crippen MR) is 76.6 cm³/mol. The average molecular weight is 283 g/mol. The number of aromatic hydroxyl groups is 1. The molecule has 3 rings (SSSR count). The zero-order chi connectivity index (χ0) is 15.0. The first kappa shape index (κ1) is 13.2. The third-order valence-corrected chi connectivity index (χ3v) is 3.43. The number of nitrogens with zero attached hydrogens (tertiary/aromatic N) is 1. The Labute approximate surface area is 121 Å². The Morgan fingerprint density at radius 2 is 1.95 bits per heavy atom. The van der Waals surface area contributed by atoms with Crippen LogP contribution in [0.5, 0.6) is 11.5 Å². The van der Waals surface area contributed by atoms with Gasteiger partial charge in [-0.15, -0.1) is 0 Å². The van der Waals surface area contributed by atoms with E-state index in [0.717, 1.165) is 5.56 Å². The van der Waals surface area contributed by atoms with E-state index in [4.69, 9.17) is 4.74 Å². The standard InChI is InChI=1S/C16H13NO4/c1-21-12-5-6-14-13(8-12)15(19)16(20)17(14)9-10-3-2-4-11(18)7-10/h2-8,18H,9H2,1H3. The Balaban J connectivity index is 1.98. The molecule has 0 aromatic heterocycles. The van der Waals surface area contributed by atoms with E-state index in [1.807, 2.05) is 0 Å². The molecule has 5 nitrogen and oxygen atoms in total. The van der Waals surface area contributed by atoms with E-state index in [-0.39, 0.29) is 12.3 Å². The molecule has 0 radical (unpaired) electrons. The van der Waals surface area contributed by atoms with E-state index in [0.29, 0.717) is 17.0 Å². The monoisotopic (exact) mass is 283 g/mol. The summed E-state index contributed by atoms with van der Waals surface area (Å²) >= 11 is 0. The summed E-state index contributed by atoms with van der Waals surface area (Å²) in [6.45, 7) is 0.234. The maximum atomic E-state index is 12.1. The highest BCUT2D eigenvalue weighted by atomic mass is 16.5. The quantitative estimate of drug-likeness (QED) is 0.876. The number of phenols is 1. The highest BCUT2D eigenvalue weighted by Crippen LogP contribution is 2.33. The largest absolute Gasteiger partial charge is 0.508 e. The minimum absolute atomic E-state index is 0.125. The Morgan fingerprint density at radius 1 is 1.14 bits per heavy atom. The fourth-order valence-electron chi connectivity index (χ4n) is 2.40. The van der Waals surface area contributed by atoms with Crippen molar-refractivity contribution in [1.82, 2.24) is 0 Å². The van der Waals surface area contributed by atoms with Gasteiger partial charge >= 0.3 is 0 Å². The van der Waals surface area contributed by atoms with Crippen LogP contribution in [0.2, 0.25) is 0 Å². The Bertz CT molecular complexity index is 739. The van der Waals surface area contributed by atoms with E-state index >= 15 is 0 Å². The molecule has 106 valence electrons. The van der Waals surface area contributed by atoms with Crippen LogP contribution < -0.4 is 9.64 Å². The number of anilines is 1. The molecular formula is C16H13NO4. The van der Waals surface area contributed by atoms with Gasteiger partial charge in [-0.2, -0.15) is 0 Å². The molecule has 0 saturated heterocycles. The molecule has 1 N–H and O–H groups in total. The van der Waals surface area contributed by atoms with Crippen LogP contribution in [0.15, 0.2) is 42.5 Å². The number of hydrogen-bond acceptors (Lipinski definition) is 4. The molecule has 21 heavy (non-hydrogen) atoms. The highest BCUT2D eigenvalue weighted by Gasteiger charge is 2.36. The van der Waals surface area contributed by atoms with Crippen LogP contribution in [0.4, 0.5) is 5.69 Å². The number of Topliss-reactive ketones (excluding diaryl/α,β-unsaturated/α-hetero) is 1. The van der Waals surface area contributed by atoms with E-state index < -0.39 is 11.7 Å². The topological polar surface area (TPSA) is 66.8 Å². The van der Waals surface area contributed by atoms with Crippen molar-refractivity contribution in [2.75, 3.05) is 12.0 Å². The average Bonchev–Trinajstić information content (AvgIpc) is 2.72. The van der Waals surface area contributed by atoms with Crippen molar-refractivity contribution in [1.29, 1.82) is 0 Å². The Morgan fingerprint density at radius 3 is 2.67 bits per heavy atom. The molecule has 0 aliphatic carbocycles. The number of phenolic OH excluding ortho intramolecular Hbond substituents is 1. The maximum absolute atomic E-state index is 12.1. The number of ketones is 1. The molecule has 1 amide bonds. The molecule has 2 aromatic carbocycles. The van der Waals surface area contributed by atoms with Gasteiger partial charge in [0.25, 0.3) is 11.7 Å². The fourth-order valence-corrected chi connectivity index (χ4v) is 2.40. The molecule has 0 fully saturated rings. The minimum Gasteiger partial charge on any atom is -0.508 e. The number of methoxy groups -OCH3 is 1. The number of fused-ring (bicyclic) bond motifs is 1. The predicted octanol–water partition coefficient (Wildman–Crippen LogP) is 2.13. The fraction of sp³-hybridized carbons (Fsp3) is 0.125. The summed E-state index contributed by atoms with van der Waals surface area (Å²) < 4.78 is 5.08. The summed E-state index contributed by atoms with van der Waals surface area (Å²) in [6, 6.07) is 11.6. The number of ether oxygens (including phenoxy) is 1. The smallest absolute Gasteiger partial charge is 0.299 e. The van der Waals surface area contributed by atoms with Gasteiger partial charge in [-0.3, -0.25) is 9.59 Å². The van der Waals surface area contributed by atoms with E-state index in [1.54, 1.807) is 42.5 Å². The number of benzene rings is 2. The second kappa shape index (κ2) is 4.94. The molecule has 1 aliphatic heterocycles. The highest BCUT2D eigenvalue weighted by molar-refractivity contribution is 6.52. The van der Waals surface area contributed by atoms with Crippen molar-refractivity contribution in [2.45, 2.75) is 6.54 Å². The lowest BCUT2D eigenvalue weighted by Crippen LogP contribution is -2.29. The maximum Gasteiger partial charge on any atom is 0.299 e. The zero-order valence-corrected chi connectivity index (χ0v) is 11.4. The first-order valence-corrected chi connectivity index (χ1v) is 6.42. The summed E-state index contributed by atoms with van der Waals surface area (Å²) in [6.07, 6.45) is 0. The van der Waals surface area contributed by atoms with Crippen molar-refractivity contribution in [3.05, 3.63) is 53.6 Å². The van der Waals surface area contributed by atoms with Gasteiger partial charge in [0.1, 0.15) is 11.5 Å². The third kappa shape index (κ3) is 2.23. The molecule has 0 spiro atoms. The Kier molecular flexibility index (Phi) is 3.10. The molecule has 2 aromatic rings. The van der Waals surface area contributed by atoms with Crippen molar-refractivity contribution >= 4 is 17.4 Å². The lowest BCUT2D eigenvalue weighted by molar-refractivity contribution is -0.114. The van der Waals surface area contributed by atoms with Crippen LogP contribution in [0.25, 0.3) is 0 Å². The van der Waals surface area contributed by atoms with Crippen LogP contribution in [-0.2, 0) is 11.3 Å². The number of hydrogen-bond donors (Lipinski definition) is 1. The van der Waals surface area contributed by atoms with Crippen LogP contribution in [0.3, 0.4) is 0 Å². The second-order valence-electron chi connectivity index (χ2n) is 4.77. The van der Waals surface area contributed by atoms with Gasteiger partial charge in [0, 0.05) is 0 Å². The first-order valence-electron chi connectivity index (χ1n) is 6.42. The molecular weight excluding hydrogens is 270 g/mol. The molecule has 0 unspecified atom stereocenters. The number of amides is 1. The van der Waals surface area contributed by atoms with E-state index in [1.165, 1.54) is 12.0 Å². The molecule has 1 aliphatic rings. The Hall–Kier alpha value is -2.82. The first-order chi connectivity index (χ1) is 10.1. The number of carbonyl (C=O) groups is 2. The SMILES string of the molecule is COc1ccc2c(c1)C(=O)C(=O)N2Cc1cccc(O)c1. The van der Waals surface area contributed by atoms with Gasteiger partial charge in [-0.25, -0.2) is 0 Å². The normalized spacial score (nSPS) is 13.5. The van der Waals surface area contributed by atoms with Gasteiger partial charge in [0.2, 0.25) is 0 Å². The summed E-state index contributed by atoms with van der Waals surface area (Å²) in [5.74, 6) is -0.444. The van der Waals surface area contributed by atoms with E-state index in [2.05, 4.69) is 0 Å². The lowest BCUT2D eigenvalue weighted by atomic mass is 10.1. The lowest BCUT2D eigenvalue weighted by Gasteiger charge is -2.16. The van der Waals surface area contributed by atoms with Crippen molar-refractivity contribution in [3.63, 3.8) is 0 Å². The van der Waals surface area contributed by atoms with Gasteiger partial charge in [0.05, 0.1) is 24.9 Å². The van der Waals surface area contributed by atoms with Gasteiger partial charge < -0.3 is 14.7 Å². The number of carbonyl (C=O) groups excluding carboxylic acids is 2.